The van der Waals surface area contributed by atoms with Gasteiger partial charge in [0.2, 0.25) is 0 Å². The predicted molar refractivity (Wildman–Crippen MR) is 46.6 cm³/mol. The Labute approximate surface area is 71.5 Å². The van der Waals surface area contributed by atoms with Crippen LogP contribution in [0, 0.1) is 0 Å². The highest BCUT2D eigenvalue weighted by Crippen LogP contribution is 2.18. The second-order valence-electron chi connectivity index (χ2n) is 2.83. The maximum atomic E-state index is 5.28. The summed E-state index contributed by atoms with van der Waals surface area (Å²) < 4.78 is 5.28. The Morgan fingerprint density at radius 1 is 1.36 bits per heavy atom. The zero-order valence-electron chi connectivity index (χ0n) is 6.58. The van der Waals surface area contributed by atoms with E-state index in [1.54, 1.807) is 0 Å². The SMILES string of the molecule is C1CSC(N2CCOCC2)N1. The summed E-state index contributed by atoms with van der Waals surface area (Å²) in [5.41, 5.74) is 0.568. The highest BCUT2D eigenvalue weighted by Gasteiger charge is 2.23. The maximum Gasteiger partial charge on any atom is 0.108 e. The van der Waals surface area contributed by atoms with Crippen molar-refractivity contribution in [3.8, 4) is 0 Å². The van der Waals surface area contributed by atoms with Gasteiger partial charge in [-0.25, -0.2) is 0 Å². The topological polar surface area (TPSA) is 24.5 Å². The number of morpholine rings is 1. The molecule has 2 aliphatic rings. The molecule has 0 aromatic heterocycles. The molecule has 0 bridgehead atoms. The molecule has 2 fully saturated rings. The lowest BCUT2D eigenvalue weighted by atomic mass is 10.4. The van der Waals surface area contributed by atoms with Crippen LogP contribution in [0.1, 0.15) is 0 Å². The molecule has 1 unspecified atom stereocenters. The van der Waals surface area contributed by atoms with Crippen molar-refractivity contribution in [2.24, 2.45) is 0 Å². The zero-order chi connectivity index (χ0) is 7.52. The molecule has 0 aromatic rings. The van der Waals surface area contributed by atoms with Gasteiger partial charge in [0, 0.05) is 25.4 Å². The van der Waals surface area contributed by atoms with Gasteiger partial charge in [-0.05, 0) is 0 Å². The van der Waals surface area contributed by atoms with Crippen LogP contribution in [0.4, 0.5) is 0 Å². The Hall–Kier alpha value is 0.230. The summed E-state index contributed by atoms with van der Waals surface area (Å²) in [5, 5.41) is 3.46. The van der Waals surface area contributed by atoms with Gasteiger partial charge >= 0.3 is 0 Å². The molecule has 1 atom stereocenters. The van der Waals surface area contributed by atoms with E-state index < -0.39 is 0 Å². The van der Waals surface area contributed by atoms with Crippen LogP contribution in [0.25, 0.3) is 0 Å². The van der Waals surface area contributed by atoms with Crippen LogP contribution in [0.5, 0.6) is 0 Å². The molecule has 2 aliphatic heterocycles. The molecular weight excluding hydrogens is 160 g/mol. The minimum atomic E-state index is 0.568. The van der Waals surface area contributed by atoms with Gasteiger partial charge in [-0.3, -0.25) is 10.2 Å². The number of thioether (sulfide) groups is 1. The summed E-state index contributed by atoms with van der Waals surface area (Å²) in [6.45, 7) is 5.14. The van der Waals surface area contributed by atoms with Crippen LogP contribution >= 0.6 is 11.8 Å². The number of ether oxygens (including phenoxy) is 1. The third-order valence-electron chi connectivity index (χ3n) is 2.07. The molecule has 0 aromatic carbocycles. The van der Waals surface area contributed by atoms with Crippen molar-refractivity contribution in [2.45, 2.75) is 5.50 Å². The van der Waals surface area contributed by atoms with Gasteiger partial charge in [-0.1, -0.05) is 0 Å². The first kappa shape index (κ1) is 7.86. The van der Waals surface area contributed by atoms with E-state index in [1.807, 2.05) is 11.8 Å². The van der Waals surface area contributed by atoms with Gasteiger partial charge in [0.15, 0.2) is 0 Å². The summed E-state index contributed by atoms with van der Waals surface area (Å²) in [4.78, 5) is 2.46. The molecule has 1 N–H and O–H groups in total. The van der Waals surface area contributed by atoms with E-state index in [-0.39, 0.29) is 0 Å². The standard InChI is InChI=1S/C7H14N2OS/c1-6-11-7(8-1)9-2-4-10-5-3-9/h7-8H,1-6H2. The molecule has 2 rings (SSSR count). The van der Waals surface area contributed by atoms with Crippen LogP contribution in [0.2, 0.25) is 0 Å². The Kier molecular flexibility index (Phi) is 2.68. The van der Waals surface area contributed by atoms with Crippen molar-refractivity contribution in [1.29, 1.82) is 0 Å². The molecule has 0 aliphatic carbocycles. The largest absolute Gasteiger partial charge is 0.379 e. The predicted octanol–water partition coefficient (Wildman–Crippen LogP) is -0.0614. The average molecular weight is 174 g/mol. The van der Waals surface area contributed by atoms with Crippen LogP contribution < -0.4 is 5.32 Å². The number of nitrogens with one attached hydrogen (secondary N) is 1. The smallest absolute Gasteiger partial charge is 0.108 e. The fourth-order valence-electron chi connectivity index (χ4n) is 1.46. The Morgan fingerprint density at radius 2 is 2.18 bits per heavy atom. The van der Waals surface area contributed by atoms with E-state index in [0.717, 1.165) is 32.8 Å². The summed E-state index contributed by atoms with van der Waals surface area (Å²) in [7, 11) is 0. The van der Waals surface area contributed by atoms with E-state index in [1.165, 1.54) is 5.75 Å². The zero-order valence-corrected chi connectivity index (χ0v) is 7.40. The molecule has 2 saturated heterocycles. The van der Waals surface area contributed by atoms with Gasteiger partial charge in [-0.15, -0.1) is 11.8 Å². The summed E-state index contributed by atoms with van der Waals surface area (Å²) >= 11 is 2.01. The van der Waals surface area contributed by atoms with Gasteiger partial charge in [-0.2, -0.15) is 0 Å². The van der Waals surface area contributed by atoms with Gasteiger partial charge in [0.25, 0.3) is 0 Å². The average Bonchev–Trinajstić information content (AvgIpc) is 2.58. The minimum Gasteiger partial charge on any atom is -0.379 e. The van der Waals surface area contributed by atoms with Crippen LogP contribution in [0.3, 0.4) is 0 Å². The Morgan fingerprint density at radius 3 is 2.82 bits per heavy atom. The van der Waals surface area contributed by atoms with Crippen LogP contribution in [-0.4, -0.2) is 49.0 Å². The van der Waals surface area contributed by atoms with E-state index in [2.05, 4.69) is 10.2 Å². The number of hydrogen-bond acceptors (Lipinski definition) is 4. The second-order valence-corrected chi connectivity index (χ2v) is 4.01. The molecule has 4 heteroatoms. The molecule has 64 valence electrons. The van der Waals surface area contributed by atoms with Crippen LogP contribution in [-0.2, 0) is 4.74 Å². The van der Waals surface area contributed by atoms with Gasteiger partial charge < -0.3 is 4.74 Å². The Bertz CT molecular complexity index is 122. The number of hydrogen-bond donors (Lipinski definition) is 1. The lowest BCUT2D eigenvalue weighted by Crippen LogP contribution is -2.46. The third-order valence-corrected chi connectivity index (χ3v) is 3.29. The normalized spacial score (nSPS) is 34.4. The first-order valence-corrected chi connectivity index (χ1v) is 5.18. The fraction of sp³-hybridized carbons (Fsp3) is 1.00. The van der Waals surface area contributed by atoms with Crippen molar-refractivity contribution >= 4 is 11.8 Å². The first-order chi connectivity index (χ1) is 5.47. The highest BCUT2D eigenvalue weighted by atomic mass is 32.2. The lowest BCUT2D eigenvalue weighted by molar-refractivity contribution is 0.0290. The van der Waals surface area contributed by atoms with Crippen molar-refractivity contribution in [3.63, 3.8) is 0 Å². The Balaban J connectivity index is 1.82. The molecular formula is C7H14N2OS. The molecule has 0 radical (unpaired) electrons. The third kappa shape index (κ3) is 1.87. The lowest BCUT2D eigenvalue weighted by Gasteiger charge is -2.31. The summed E-state index contributed by atoms with van der Waals surface area (Å²) in [6.07, 6.45) is 0. The second kappa shape index (κ2) is 3.76. The molecule has 2 heterocycles. The maximum absolute atomic E-state index is 5.28. The number of nitrogens with zero attached hydrogens (tertiary/aromatic N) is 1. The minimum absolute atomic E-state index is 0.568. The van der Waals surface area contributed by atoms with Crippen molar-refractivity contribution < 1.29 is 4.74 Å². The van der Waals surface area contributed by atoms with Gasteiger partial charge in [0.1, 0.15) is 5.50 Å². The number of rotatable bonds is 1. The molecule has 11 heavy (non-hydrogen) atoms. The van der Waals surface area contributed by atoms with E-state index in [0.29, 0.717) is 5.50 Å². The van der Waals surface area contributed by atoms with E-state index in [9.17, 15) is 0 Å². The van der Waals surface area contributed by atoms with Gasteiger partial charge in [0.05, 0.1) is 13.2 Å². The van der Waals surface area contributed by atoms with Crippen molar-refractivity contribution in [3.05, 3.63) is 0 Å². The van der Waals surface area contributed by atoms with Crippen LogP contribution in [0.15, 0.2) is 0 Å². The molecule has 3 nitrogen and oxygen atoms in total. The highest BCUT2D eigenvalue weighted by molar-refractivity contribution is 8.00. The van der Waals surface area contributed by atoms with E-state index >= 15 is 0 Å². The first-order valence-electron chi connectivity index (χ1n) is 4.13. The van der Waals surface area contributed by atoms with E-state index in [4.69, 9.17) is 4.74 Å². The summed E-state index contributed by atoms with van der Waals surface area (Å²) in [6, 6.07) is 0. The fourth-order valence-corrected chi connectivity index (χ4v) is 2.57. The monoisotopic (exact) mass is 174 g/mol. The van der Waals surface area contributed by atoms with Crippen molar-refractivity contribution in [2.75, 3.05) is 38.6 Å². The molecule has 0 amide bonds. The van der Waals surface area contributed by atoms with Crippen molar-refractivity contribution in [1.82, 2.24) is 10.2 Å². The molecule has 0 saturated carbocycles. The molecule has 0 spiro atoms. The quantitative estimate of drug-likeness (QED) is 0.602. The summed E-state index contributed by atoms with van der Waals surface area (Å²) in [5.74, 6) is 1.25.